The summed E-state index contributed by atoms with van der Waals surface area (Å²) in [6, 6.07) is 9.44. The summed E-state index contributed by atoms with van der Waals surface area (Å²) in [5, 5.41) is 0.794. The monoisotopic (exact) mass is 226 g/mol. The van der Waals surface area contributed by atoms with Crippen molar-refractivity contribution in [3.63, 3.8) is 0 Å². The highest BCUT2D eigenvalue weighted by molar-refractivity contribution is 6.30. The molecule has 0 fully saturated rings. The highest BCUT2D eigenvalue weighted by Crippen LogP contribution is 2.03. The first-order valence-electron chi connectivity index (χ1n) is 4.61. The fourth-order valence-corrected chi connectivity index (χ4v) is 0.814. The molecule has 0 radical (unpaired) electrons. The SMILES string of the molecule is C=C(C)C(=O)OCC.Clc1ccccc1. The Morgan fingerprint density at radius 2 is 1.93 bits per heavy atom. The van der Waals surface area contributed by atoms with Crippen molar-refractivity contribution in [3.8, 4) is 0 Å². The molecule has 0 heterocycles. The van der Waals surface area contributed by atoms with Crippen molar-refractivity contribution in [2.75, 3.05) is 6.61 Å². The van der Waals surface area contributed by atoms with Gasteiger partial charge >= 0.3 is 5.97 Å². The van der Waals surface area contributed by atoms with E-state index < -0.39 is 0 Å². The van der Waals surface area contributed by atoms with Crippen molar-refractivity contribution < 1.29 is 9.53 Å². The van der Waals surface area contributed by atoms with Crippen LogP contribution in [0, 0.1) is 0 Å². The summed E-state index contributed by atoms with van der Waals surface area (Å²) in [4.78, 5) is 10.4. The van der Waals surface area contributed by atoms with E-state index in [4.69, 9.17) is 11.6 Å². The van der Waals surface area contributed by atoms with Crippen LogP contribution in [0.1, 0.15) is 13.8 Å². The molecule has 2 nitrogen and oxygen atoms in total. The number of ether oxygens (including phenoxy) is 1. The molecule has 1 rings (SSSR count). The molecular formula is C12H15ClO2. The number of carbonyl (C=O) groups excluding carboxylic acids is 1. The minimum absolute atomic E-state index is 0.312. The third-order valence-corrected chi connectivity index (χ3v) is 1.61. The summed E-state index contributed by atoms with van der Waals surface area (Å²) < 4.78 is 4.56. The predicted octanol–water partition coefficient (Wildman–Crippen LogP) is 3.47. The molecule has 0 N–H and O–H groups in total. The molecule has 0 spiro atoms. The van der Waals surface area contributed by atoms with E-state index in [1.54, 1.807) is 13.8 Å². The van der Waals surface area contributed by atoms with Gasteiger partial charge < -0.3 is 4.74 Å². The highest BCUT2D eigenvalue weighted by Gasteiger charge is 1.98. The lowest BCUT2D eigenvalue weighted by atomic mass is 10.4. The normalized spacial score (nSPS) is 8.47. The van der Waals surface area contributed by atoms with E-state index in [2.05, 4.69) is 11.3 Å². The van der Waals surface area contributed by atoms with Gasteiger partial charge in [0.1, 0.15) is 0 Å². The van der Waals surface area contributed by atoms with Crippen LogP contribution in [0.4, 0.5) is 0 Å². The molecule has 0 bridgehead atoms. The summed E-state index contributed by atoms with van der Waals surface area (Å²) in [6.07, 6.45) is 0. The molecule has 3 heteroatoms. The van der Waals surface area contributed by atoms with Crippen LogP contribution in [0.3, 0.4) is 0 Å². The van der Waals surface area contributed by atoms with Crippen molar-refractivity contribution in [2.24, 2.45) is 0 Å². The number of halogens is 1. The van der Waals surface area contributed by atoms with Gasteiger partial charge in [0.2, 0.25) is 0 Å². The number of benzene rings is 1. The third-order valence-electron chi connectivity index (χ3n) is 1.36. The first-order valence-corrected chi connectivity index (χ1v) is 4.99. The van der Waals surface area contributed by atoms with Gasteiger partial charge in [0, 0.05) is 10.6 Å². The number of hydrogen-bond acceptors (Lipinski definition) is 2. The second-order valence-electron chi connectivity index (χ2n) is 2.80. The average molecular weight is 227 g/mol. The summed E-state index contributed by atoms with van der Waals surface area (Å²) in [5.74, 6) is -0.312. The maximum absolute atomic E-state index is 10.4. The lowest BCUT2D eigenvalue weighted by Crippen LogP contribution is -2.03. The Hall–Kier alpha value is -1.28. The summed E-state index contributed by atoms with van der Waals surface area (Å²) in [7, 11) is 0. The quantitative estimate of drug-likeness (QED) is 0.570. The van der Waals surface area contributed by atoms with E-state index in [1.807, 2.05) is 30.3 Å². The van der Waals surface area contributed by atoms with E-state index in [0.717, 1.165) is 5.02 Å². The van der Waals surface area contributed by atoms with Gasteiger partial charge in [-0.1, -0.05) is 36.4 Å². The zero-order chi connectivity index (χ0) is 11.7. The van der Waals surface area contributed by atoms with Gasteiger partial charge in [0.05, 0.1) is 6.61 Å². The van der Waals surface area contributed by atoms with Crippen LogP contribution >= 0.6 is 11.6 Å². The van der Waals surface area contributed by atoms with E-state index in [1.165, 1.54) is 0 Å². The van der Waals surface area contributed by atoms with Crippen molar-refractivity contribution in [2.45, 2.75) is 13.8 Å². The molecule has 82 valence electrons. The van der Waals surface area contributed by atoms with Gasteiger partial charge in [0.15, 0.2) is 0 Å². The molecular weight excluding hydrogens is 212 g/mol. The minimum Gasteiger partial charge on any atom is -0.463 e. The Kier molecular flexibility index (Phi) is 7.38. The Bertz CT molecular complexity index is 307. The number of carbonyl (C=O) groups is 1. The molecule has 0 saturated carbocycles. The molecule has 0 amide bonds. The molecule has 0 saturated heterocycles. The molecule has 0 aliphatic carbocycles. The highest BCUT2D eigenvalue weighted by atomic mass is 35.5. The Morgan fingerprint density at radius 3 is 2.13 bits per heavy atom. The van der Waals surface area contributed by atoms with Crippen LogP contribution in [-0.2, 0) is 9.53 Å². The maximum Gasteiger partial charge on any atom is 0.333 e. The second-order valence-corrected chi connectivity index (χ2v) is 3.23. The lowest BCUT2D eigenvalue weighted by molar-refractivity contribution is -0.138. The first kappa shape index (κ1) is 13.7. The van der Waals surface area contributed by atoms with E-state index in [9.17, 15) is 4.79 Å². The van der Waals surface area contributed by atoms with Crippen molar-refractivity contribution in [1.82, 2.24) is 0 Å². The van der Waals surface area contributed by atoms with Crippen LogP contribution in [-0.4, -0.2) is 12.6 Å². The molecule has 0 aliphatic heterocycles. The number of esters is 1. The standard InChI is InChI=1S/C6H5Cl.C6H10O2/c7-6-4-2-1-3-5-6;1-4-8-6(7)5(2)3/h1-5H;2,4H2,1,3H3. The van der Waals surface area contributed by atoms with Gasteiger partial charge in [-0.05, 0) is 26.0 Å². The molecule has 1 aromatic rings. The predicted molar refractivity (Wildman–Crippen MR) is 62.9 cm³/mol. The van der Waals surface area contributed by atoms with Crippen molar-refractivity contribution in [3.05, 3.63) is 47.5 Å². The first-order chi connectivity index (χ1) is 7.07. The minimum atomic E-state index is -0.312. The zero-order valence-corrected chi connectivity index (χ0v) is 9.75. The van der Waals surface area contributed by atoms with Crippen LogP contribution < -0.4 is 0 Å². The second kappa shape index (κ2) is 8.06. The zero-order valence-electron chi connectivity index (χ0n) is 9.00. The fraction of sp³-hybridized carbons (Fsp3) is 0.250. The van der Waals surface area contributed by atoms with Crippen LogP contribution in [0.2, 0.25) is 5.02 Å². The van der Waals surface area contributed by atoms with Gasteiger partial charge in [-0.25, -0.2) is 4.79 Å². The number of rotatable bonds is 2. The smallest absolute Gasteiger partial charge is 0.333 e. The van der Waals surface area contributed by atoms with Gasteiger partial charge in [0.25, 0.3) is 0 Å². The molecule has 1 aromatic carbocycles. The third kappa shape index (κ3) is 7.77. The van der Waals surface area contributed by atoms with Gasteiger partial charge in [-0.15, -0.1) is 0 Å². The fourth-order valence-electron chi connectivity index (χ4n) is 0.669. The summed E-state index contributed by atoms with van der Waals surface area (Å²) in [5.41, 5.74) is 0.451. The lowest BCUT2D eigenvalue weighted by Gasteiger charge is -1.96. The molecule has 15 heavy (non-hydrogen) atoms. The van der Waals surface area contributed by atoms with Crippen LogP contribution in [0.25, 0.3) is 0 Å². The van der Waals surface area contributed by atoms with E-state index >= 15 is 0 Å². The van der Waals surface area contributed by atoms with Gasteiger partial charge in [-0.2, -0.15) is 0 Å². The number of hydrogen-bond donors (Lipinski definition) is 0. The van der Waals surface area contributed by atoms with Gasteiger partial charge in [-0.3, -0.25) is 0 Å². The molecule has 0 aromatic heterocycles. The van der Waals surface area contributed by atoms with Crippen molar-refractivity contribution >= 4 is 17.6 Å². The average Bonchev–Trinajstić information content (AvgIpc) is 2.20. The Labute approximate surface area is 95.5 Å². The maximum atomic E-state index is 10.4. The van der Waals surface area contributed by atoms with E-state index in [0.29, 0.717) is 12.2 Å². The Morgan fingerprint density at radius 1 is 1.40 bits per heavy atom. The molecule has 0 atom stereocenters. The van der Waals surface area contributed by atoms with E-state index in [-0.39, 0.29) is 5.97 Å². The molecule has 0 aliphatic rings. The largest absolute Gasteiger partial charge is 0.463 e. The molecule has 0 unspecified atom stereocenters. The summed E-state index contributed by atoms with van der Waals surface area (Å²) in [6.45, 7) is 7.21. The topological polar surface area (TPSA) is 26.3 Å². The van der Waals surface area contributed by atoms with Crippen LogP contribution in [0.5, 0.6) is 0 Å². The van der Waals surface area contributed by atoms with Crippen LogP contribution in [0.15, 0.2) is 42.5 Å². The summed E-state index contributed by atoms with van der Waals surface area (Å²) >= 11 is 5.54. The van der Waals surface area contributed by atoms with Crippen molar-refractivity contribution in [1.29, 1.82) is 0 Å². The Balaban J connectivity index is 0.000000262.